The van der Waals surface area contributed by atoms with E-state index in [1.54, 1.807) is 0 Å². The second-order valence-electron chi connectivity index (χ2n) is 7.33. The van der Waals surface area contributed by atoms with Crippen LogP contribution in [-0.2, 0) is 17.6 Å². The third-order valence-electron chi connectivity index (χ3n) is 5.07. The van der Waals surface area contributed by atoms with Gasteiger partial charge >= 0.3 is 5.69 Å². The molecule has 27 heavy (non-hydrogen) atoms. The SMILES string of the molecule is CC(C)c1ccc(CCc2cn([C@H]3C[C@H](O)[C@@H](CO)O3)c(=O)[nH]c2=O)cc1. The molecule has 1 aromatic heterocycles. The van der Waals surface area contributed by atoms with E-state index in [9.17, 15) is 19.8 Å². The molecule has 3 rings (SSSR count). The summed E-state index contributed by atoms with van der Waals surface area (Å²) in [6.07, 6.45) is 0.570. The summed E-state index contributed by atoms with van der Waals surface area (Å²) in [6.45, 7) is 3.96. The Labute approximate surface area is 157 Å². The number of benzene rings is 1. The van der Waals surface area contributed by atoms with E-state index in [1.165, 1.54) is 16.3 Å². The first kappa shape index (κ1) is 19.5. The third kappa shape index (κ3) is 4.37. The van der Waals surface area contributed by atoms with Gasteiger partial charge in [0.25, 0.3) is 5.56 Å². The molecule has 3 atom stereocenters. The van der Waals surface area contributed by atoms with Crippen molar-refractivity contribution in [3.8, 4) is 0 Å². The number of ether oxygens (including phenoxy) is 1. The lowest BCUT2D eigenvalue weighted by Gasteiger charge is -2.15. The molecule has 2 aromatic rings. The highest BCUT2D eigenvalue weighted by Crippen LogP contribution is 2.27. The fourth-order valence-electron chi connectivity index (χ4n) is 3.32. The van der Waals surface area contributed by atoms with E-state index in [4.69, 9.17) is 4.74 Å². The van der Waals surface area contributed by atoms with E-state index in [1.807, 2.05) is 0 Å². The first-order chi connectivity index (χ1) is 12.9. The molecular weight excluding hydrogens is 348 g/mol. The van der Waals surface area contributed by atoms with Crippen molar-refractivity contribution in [3.05, 3.63) is 68.0 Å². The lowest BCUT2D eigenvalue weighted by molar-refractivity contribution is -0.0460. The van der Waals surface area contributed by atoms with Crippen molar-refractivity contribution in [1.82, 2.24) is 9.55 Å². The first-order valence-electron chi connectivity index (χ1n) is 9.26. The van der Waals surface area contributed by atoms with Crippen LogP contribution in [0.5, 0.6) is 0 Å². The van der Waals surface area contributed by atoms with Crippen LogP contribution >= 0.6 is 0 Å². The fourth-order valence-corrected chi connectivity index (χ4v) is 3.32. The number of aliphatic hydroxyl groups is 2. The highest BCUT2D eigenvalue weighted by atomic mass is 16.5. The number of hydrogen-bond acceptors (Lipinski definition) is 5. The molecule has 0 saturated carbocycles. The molecule has 1 fully saturated rings. The Morgan fingerprint density at radius 2 is 1.93 bits per heavy atom. The lowest BCUT2D eigenvalue weighted by atomic mass is 9.99. The smallest absolute Gasteiger partial charge is 0.330 e. The molecule has 1 saturated heterocycles. The van der Waals surface area contributed by atoms with Crippen molar-refractivity contribution in [2.24, 2.45) is 0 Å². The highest BCUT2D eigenvalue weighted by molar-refractivity contribution is 5.25. The Morgan fingerprint density at radius 3 is 2.52 bits per heavy atom. The largest absolute Gasteiger partial charge is 0.394 e. The molecule has 1 aliphatic rings. The number of aromatic nitrogens is 2. The van der Waals surface area contributed by atoms with E-state index in [0.717, 1.165) is 5.56 Å². The van der Waals surface area contributed by atoms with Crippen LogP contribution in [0.25, 0.3) is 0 Å². The Balaban J connectivity index is 1.76. The van der Waals surface area contributed by atoms with Crippen molar-refractivity contribution in [2.45, 2.75) is 57.5 Å². The molecule has 0 aliphatic carbocycles. The summed E-state index contributed by atoms with van der Waals surface area (Å²) in [5, 5.41) is 19.1. The van der Waals surface area contributed by atoms with Crippen LogP contribution in [-0.4, -0.2) is 38.6 Å². The average Bonchev–Trinajstić information content (AvgIpc) is 3.02. The summed E-state index contributed by atoms with van der Waals surface area (Å²) < 4.78 is 6.81. The molecule has 3 N–H and O–H groups in total. The van der Waals surface area contributed by atoms with Crippen LogP contribution in [0.15, 0.2) is 40.1 Å². The monoisotopic (exact) mass is 374 g/mol. The normalized spacial score (nSPS) is 22.5. The molecule has 0 bridgehead atoms. The first-order valence-corrected chi connectivity index (χ1v) is 9.26. The molecule has 7 nitrogen and oxygen atoms in total. The van der Waals surface area contributed by atoms with Crippen molar-refractivity contribution in [3.63, 3.8) is 0 Å². The predicted molar refractivity (Wildman–Crippen MR) is 101 cm³/mol. The summed E-state index contributed by atoms with van der Waals surface area (Å²) in [7, 11) is 0. The van der Waals surface area contributed by atoms with Gasteiger partial charge in [-0.1, -0.05) is 38.1 Å². The zero-order valence-corrected chi connectivity index (χ0v) is 15.6. The molecule has 1 aliphatic heterocycles. The van der Waals surface area contributed by atoms with Gasteiger partial charge in [0, 0.05) is 18.2 Å². The number of rotatable bonds is 6. The van der Waals surface area contributed by atoms with Crippen LogP contribution in [0.3, 0.4) is 0 Å². The average molecular weight is 374 g/mol. The molecule has 1 aromatic carbocycles. The number of hydrogen-bond donors (Lipinski definition) is 3. The minimum Gasteiger partial charge on any atom is -0.394 e. The maximum absolute atomic E-state index is 12.2. The van der Waals surface area contributed by atoms with Crippen LogP contribution in [0.2, 0.25) is 0 Å². The van der Waals surface area contributed by atoms with E-state index < -0.39 is 29.7 Å². The molecule has 0 amide bonds. The second-order valence-corrected chi connectivity index (χ2v) is 7.33. The van der Waals surface area contributed by atoms with Gasteiger partial charge in [0.15, 0.2) is 0 Å². The number of nitrogens with zero attached hydrogens (tertiary/aromatic N) is 1. The summed E-state index contributed by atoms with van der Waals surface area (Å²) in [5.74, 6) is 0.468. The number of nitrogens with one attached hydrogen (secondary N) is 1. The van der Waals surface area contributed by atoms with Gasteiger partial charge in [0.2, 0.25) is 0 Å². The van der Waals surface area contributed by atoms with Gasteiger partial charge in [0.05, 0.1) is 12.7 Å². The third-order valence-corrected chi connectivity index (χ3v) is 5.07. The summed E-state index contributed by atoms with van der Waals surface area (Å²) >= 11 is 0. The molecule has 0 unspecified atom stereocenters. The minimum absolute atomic E-state index is 0.188. The molecule has 0 radical (unpaired) electrons. The van der Waals surface area contributed by atoms with Crippen molar-refractivity contribution >= 4 is 0 Å². The number of aromatic amines is 1. The Bertz CT molecular complexity index is 884. The Morgan fingerprint density at radius 1 is 1.22 bits per heavy atom. The summed E-state index contributed by atoms with van der Waals surface area (Å²) in [6, 6.07) is 8.30. The van der Waals surface area contributed by atoms with Gasteiger partial charge in [-0.05, 0) is 29.9 Å². The van der Waals surface area contributed by atoms with E-state index >= 15 is 0 Å². The molecule has 146 valence electrons. The molecular formula is C20H26N2O5. The van der Waals surface area contributed by atoms with Crippen LogP contribution in [0, 0.1) is 0 Å². The number of aryl methyl sites for hydroxylation is 2. The van der Waals surface area contributed by atoms with Crippen LogP contribution in [0.1, 0.15) is 49.1 Å². The van der Waals surface area contributed by atoms with E-state index in [0.29, 0.717) is 24.3 Å². The van der Waals surface area contributed by atoms with Gasteiger partial charge in [-0.25, -0.2) is 4.79 Å². The molecule has 0 spiro atoms. The lowest BCUT2D eigenvalue weighted by Crippen LogP contribution is -2.34. The summed E-state index contributed by atoms with van der Waals surface area (Å²) in [4.78, 5) is 26.6. The molecule has 7 heteroatoms. The fraction of sp³-hybridized carbons (Fsp3) is 0.500. The standard InChI is InChI=1S/C20H26N2O5/c1-12(2)14-6-3-13(4-7-14)5-8-15-10-22(20(26)21-19(15)25)18-9-16(24)17(11-23)27-18/h3-4,6-7,10,12,16-18,23-24H,5,8-9,11H2,1-2H3,(H,21,25,26)/t16-,17+,18+/m0/s1. The second kappa shape index (κ2) is 8.21. The molecule has 2 heterocycles. The number of H-pyrrole nitrogens is 1. The summed E-state index contributed by atoms with van der Waals surface area (Å²) in [5.41, 5.74) is 1.87. The van der Waals surface area contributed by atoms with E-state index in [2.05, 4.69) is 43.1 Å². The number of aliphatic hydroxyl groups excluding tert-OH is 2. The van der Waals surface area contributed by atoms with Crippen molar-refractivity contribution in [2.75, 3.05) is 6.61 Å². The zero-order valence-electron chi connectivity index (χ0n) is 15.6. The minimum atomic E-state index is -0.846. The van der Waals surface area contributed by atoms with Gasteiger partial charge in [-0.2, -0.15) is 0 Å². The van der Waals surface area contributed by atoms with Gasteiger partial charge in [0.1, 0.15) is 12.3 Å². The van der Waals surface area contributed by atoms with Gasteiger partial charge < -0.3 is 14.9 Å². The topological polar surface area (TPSA) is 105 Å². The van der Waals surface area contributed by atoms with E-state index in [-0.39, 0.29) is 13.0 Å². The maximum atomic E-state index is 12.2. The van der Waals surface area contributed by atoms with Crippen LogP contribution in [0.4, 0.5) is 0 Å². The highest BCUT2D eigenvalue weighted by Gasteiger charge is 2.35. The maximum Gasteiger partial charge on any atom is 0.330 e. The van der Waals surface area contributed by atoms with Crippen LogP contribution < -0.4 is 11.2 Å². The van der Waals surface area contributed by atoms with Crippen molar-refractivity contribution < 1.29 is 14.9 Å². The van der Waals surface area contributed by atoms with Gasteiger partial charge in [-0.3, -0.25) is 14.3 Å². The predicted octanol–water partition coefficient (Wildman–Crippen LogP) is 1.09. The quantitative estimate of drug-likeness (QED) is 0.702. The Kier molecular flexibility index (Phi) is 5.94. The van der Waals surface area contributed by atoms with Crippen molar-refractivity contribution in [1.29, 1.82) is 0 Å². The Hall–Kier alpha value is -2.22. The van der Waals surface area contributed by atoms with Gasteiger partial charge in [-0.15, -0.1) is 0 Å². The zero-order chi connectivity index (χ0) is 19.6.